The second-order valence-corrected chi connectivity index (χ2v) is 7.50. The Kier molecular flexibility index (Phi) is 5.21. The van der Waals surface area contributed by atoms with Gasteiger partial charge in [0, 0.05) is 17.3 Å². The fourth-order valence-corrected chi connectivity index (χ4v) is 3.15. The molecule has 0 saturated carbocycles. The van der Waals surface area contributed by atoms with E-state index in [1.165, 1.54) is 0 Å². The van der Waals surface area contributed by atoms with Crippen LogP contribution in [0.15, 0.2) is 4.34 Å². The highest BCUT2D eigenvalue weighted by Gasteiger charge is 2.16. The van der Waals surface area contributed by atoms with E-state index >= 15 is 0 Å². The first-order chi connectivity index (χ1) is 7.43. The topological polar surface area (TPSA) is 37.8 Å². The summed E-state index contributed by atoms with van der Waals surface area (Å²) >= 11 is 3.47. The molecule has 0 amide bonds. The highest BCUT2D eigenvalue weighted by atomic mass is 32.2. The van der Waals surface area contributed by atoms with Crippen LogP contribution in [0.4, 0.5) is 0 Å². The molecule has 0 saturated heterocycles. The SMILES string of the molecule is CCC(C)(C)NCC(C)Sc1nnc(C)s1. The zero-order chi connectivity index (χ0) is 12.2. The summed E-state index contributed by atoms with van der Waals surface area (Å²) in [4.78, 5) is 0. The molecule has 1 N–H and O–H groups in total. The van der Waals surface area contributed by atoms with Gasteiger partial charge in [0.15, 0.2) is 4.34 Å². The second kappa shape index (κ2) is 5.98. The van der Waals surface area contributed by atoms with Crippen LogP contribution in [-0.2, 0) is 0 Å². The van der Waals surface area contributed by atoms with Gasteiger partial charge in [-0.3, -0.25) is 0 Å². The first-order valence-corrected chi connectivity index (χ1v) is 7.34. The molecule has 5 heteroatoms. The van der Waals surface area contributed by atoms with Crippen LogP contribution in [0.2, 0.25) is 0 Å². The van der Waals surface area contributed by atoms with Crippen LogP contribution >= 0.6 is 23.1 Å². The third kappa shape index (κ3) is 4.80. The molecule has 3 nitrogen and oxygen atoms in total. The Morgan fingerprint density at radius 2 is 2.12 bits per heavy atom. The monoisotopic (exact) mass is 259 g/mol. The van der Waals surface area contributed by atoms with E-state index in [1.54, 1.807) is 23.1 Å². The van der Waals surface area contributed by atoms with E-state index in [9.17, 15) is 0 Å². The minimum atomic E-state index is 0.228. The number of aryl methyl sites for hydroxylation is 1. The van der Waals surface area contributed by atoms with Crippen molar-refractivity contribution in [3.8, 4) is 0 Å². The van der Waals surface area contributed by atoms with Crippen LogP contribution in [0, 0.1) is 6.92 Å². The van der Waals surface area contributed by atoms with Gasteiger partial charge in [-0.25, -0.2) is 0 Å². The van der Waals surface area contributed by atoms with Crippen LogP contribution in [0.1, 0.15) is 39.1 Å². The average molecular weight is 259 g/mol. The van der Waals surface area contributed by atoms with Gasteiger partial charge in [-0.05, 0) is 27.2 Å². The van der Waals surface area contributed by atoms with E-state index in [0.717, 1.165) is 22.3 Å². The Hall–Kier alpha value is -0.130. The molecule has 0 aliphatic rings. The summed E-state index contributed by atoms with van der Waals surface area (Å²) in [5.74, 6) is 0. The van der Waals surface area contributed by atoms with Crippen LogP contribution in [-0.4, -0.2) is 27.5 Å². The fraction of sp³-hybridized carbons (Fsp3) is 0.818. The molecule has 0 bridgehead atoms. The molecular weight excluding hydrogens is 238 g/mol. The van der Waals surface area contributed by atoms with Gasteiger partial charge in [0.25, 0.3) is 0 Å². The lowest BCUT2D eigenvalue weighted by Gasteiger charge is -2.26. The Morgan fingerprint density at radius 3 is 2.62 bits per heavy atom. The molecular formula is C11H21N3S2. The van der Waals surface area contributed by atoms with Crippen molar-refractivity contribution in [1.29, 1.82) is 0 Å². The third-order valence-corrected chi connectivity index (χ3v) is 4.59. The Morgan fingerprint density at radius 1 is 1.44 bits per heavy atom. The van der Waals surface area contributed by atoms with Crippen LogP contribution in [0.5, 0.6) is 0 Å². The van der Waals surface area contributed by atoms with E-state index in [1.807, 2.05) is 6.92 Å². The first-order valence-electron chi connectivity index (χ1n) is 5.65. The number of thioether (sulfide) groups is 1. The van der Waals surface area contributed by atoms with Gasteiger partial charge in [-0.15, -0.1) is 10.2 Å². The Balaban J connectivity index is 2.34. The summed E-state index contributed by atoms with van der Waals surface area (Å²) in [6.07, 6.45) is 1.14. The van der Waals surface area contributed by atoms with Crippen molar-refractivity contribution >= 4 is 23.1 Å². The summed E-state index contributed by atoms with van der Waals surface area (Å²) in [5.41, 5.74) is 0.228. The van der Waals surface area contributed by atoms with Gasteiger partial charge in [-0.1, -0.05) is 36.9 Å². The normalized spacial score (nSPS) is 14.1. The molecule has 0 radical (unpaired) electrons. The van der Waals surface area contributed by atoms with E-state index in [0.29, 0.717) is 5.25 Å². The number of nitrogens with one attached hydrogen (secondary N) is 1. The van der Waals surface area contributed by atoms with Crippen LogP contribution in [0.25, 0.3) is 0 Å². The molecule has 0 spiro atoms. The summed E-state index contributed by atoms with van der Waals surface area (Å²) in [5, 5.41) is 13.3. The van der Waals surface area contributed by atoms with Gasteiger partial charge in [0.1, 0.15) is 5.01 Å². The summed E-state index contributed by atoms with van der Waals surface area (Å²) < 4.78 is 1.07. The number of nitrogens with zero attached hydrogens (tertiary/aromatic N) is 2. The number of aromatic nitrogens is 2. The molecule has 1 rings (SSSR count). The standard InChI is InChI=1S/C11H21N3S2/c1-6-11(4,5)12-7-8(2)15-10-14-13-9(3)16-10/h8,12H,6-7H2,1-5H3. The van der Waals surface area contributed by atoms with Crippen molar-refractivity contribution in [3.05, 3.63) is 5.01 Å². The van der Waals surface area contributed by atoms with Crippen molar-refractivity contribution in [2.24, 2.45) is 0 Å². The fourth-order valence-electron chi connectivity index (χ4n) is 1.08. The van der Waals surface area contributed by atoms with Crippen molar-refractivity contribution in [3.63, 3.8) is 0 Å². The van der Waals surface area contributed by atoms with E-state index in [4.69, 9.17) is 0 Å². The number of hydrogen-bond donors (Lipinski definition) is 1. The summed E-state index contributed by atoms with van der Waals surface area (Å²) in [6, 6.07) is 0. The second-order valence-electron chi connectivity index (χ2n) is 4.63. The first kappa shape index (κ1) is 13.9. The van der Waals surface area contributed by atoms with Gasteiger partial charge < -0.3 is 5.32 Å². The number of rotatable bonds is 6. The Labute approximate surface area is 106 Å². The minimum Gasteiger partial charge on any atom is -0.311 e. The molecule has 1 heterocycles. The maximum Gasteiger partial charge on any atom is 0.174 e. The van der Waals surface area contributed by atoms with Gasteiger partial charge >= 0.3 is 0 Å². The minimum absolute atomic E-state index is 0.228. The predicted molar refractivity (Wildman–Crippen MR) is 72.3 cm³/mol. The highest BCUT2D eigenvalue weighted by molar-refractivity contribution is 8.01. The smallest absolute Gasteiger partial charge is 0.174 e. The van der Waals surface area contributed by atoms with Gasteiger partial charge in [-0.2, -0.15) is 0 Å². The largest absolute Gasteiger partial charge is 0.311 e. The lowest BCUT2D eigenvalue weighted by molar-refractivity contribution is 0.379. The van der Waals surface area contributed by atoms with E-state index in [-0.39, 0.29) is 5.54 Å². The number of hydrogen-bond acceptors (Lipinski definition) is 5. The third-order valence-electron chi connectivity index (χ3n) is 2.56. The molecule has 0 aliphatic carbocycles. The molecule has 1 aromatic heterocycles. The maximum atomic E-state index is 4.12. The molecule has 1 unspecified atom stereocenters. The maximum absolute atomic E-state index is 4.12. The molecule has 0 aromatic carbocycles. The molecule has 1 atom stereocenters. The van der Waals surface area contributed by atoms with Crippen LogP contribution in [0.3, 0.4) is 0 Å². The highest BCUT2D eigenvalue weighted by Crippen LogP contribution is 2.26. The van der Waals surface area contributed by atoms with Crippen LogP contribution < -0.4 is 5.32 Å². The summed E-state index contributed by atoms with van der Waals surface area (Å²) in [7, 11) is 0. The zero-order valence-electron chi connectivity index (χ0n) is 10.7. The Bertz CT molecular complexity index is 323. The predicted octanol–water partition coefficient (Wildman–Crippen LogP) is 3.11. The average Bonchev–Trinajstić information content (AvgIpc) is 2.61. The van der Waals surface area contributed by atoms with Crippen molar-refractivity contribution in [2.75, 3.05) is 6.54 Å². The van der Waals surface area contributed by atoms with Crippen molar-refractivity contribution < 1.29 is 0 Å². The molecule has 1 aromatic rings. The quantitative estimate of drug-likeness (QED) is 0.797. The molecule has 16 heavy (non-hydrogen) atoms. The molecule has 0 fully saturated rings. The van der Waals surface area contributed by atoms with E-state index in [2.05, 4.69) is 43.2 Å². The van der Waals surface area contributed by atoms with Gasteiger partial charge in [0.05, 0.1) is 0 Å². The van der Waals surface area contributed by atoms with E-state index < -0.39 is 0 Å². The molecule has 92 valence electrons. The van der Waals surface area contributed by atoms with Gasteiger partial charge in [0.2, 0.25) is 0 Å². The zero-order valence-corrected chi connectivity index (χ0v) is 12.3. The lowest BCUT2D eigenvalue weighted by atomic mass is 10.0. The molecule has 0 aliphatic heterocycles. The van der Waals surface area contributed by atoms with Crippen molar-refractivity contribution in [2.45, 2.75) is 56.2 Å². The van der Waals surface area contributed by atoms with Crippen molar-refractivity contribution in [1.82, 2.24) is 15.5 Å². The lowest BCUT2D eigenvalue weighted by Crippen LogP contribution is -2.41. The summed E-state index contributed by atoms with van der Waals surface area (Å²) in [6.45, 7) is 11.9.